The van der Waals surface area contributed by atoms with Gasteiger partial charge in [-0.1, -0.05) is 27.5 Å². The summed E-state index contributed by atoms with van der Waals surface area (Å²) in [5.41, 5.74) is -1.27. The molecule has 0 aliphatic heterocycles. The van der Waals surface area contributed by atoms with Gasteiger partial charge in [-0.25, -0.2) is 0 Å². The van der Waals surface area contributed by atoms with Crippen molar-refractivity contribution in [3.8, 4) is 0 Å². The number of amides is 1. The molecule has 7 heteroatoms. The van der Waals surface area contributed by atoms with Crippen LogP contribution in [0, 0.1) is 0 Å². The summed E-state index contributed by atoms with van der Waals surface area (Å²) in [6, 6.07) is 4.69. The Bertz CT molecular complexity index is 429. The van der Waals surface area contributed by atoms with Gasteiger partial charge in [0.2, 0.25) is 0 Å². The molecule has 4 N–H and O–H groups in total. The van der Waals surface area contributed by atoms with Crippen LogP contribution in [0.4, 0.5) is 0 Å². The van der Waals surface area contributed by atoms with E-state index in [0.29, 0.717) is 0 Å². The van der Waals surface area contributed by atoms with Gasteiger partial charge >= 0.3 is 0 Å². The molecule has 0 saturated heterocycles. The van der Waals surface area contributed by atoms with Crippen molar-refractivity contribution in [2.24, 2.45) is 0 Å². The molecule has 0 atom stereocenters. The van der Waals surface area contributed by atoms with E-state index in [2.05, 4.69) is 21.2 Å². The molecule has 5 nitrogen and oxygen atoms in total. The number of aliphatic hydroxyl groups is 3. The number of aliphatic hydroxyl groups excluding tert-OH is 3. The summed E-state index contributed by atoms with van der Waals surface area (Å²) in [5.74, 6) is -0.579. The fourth-order valence-electron chi connectivity index (χ4n) is 1.25. The quantitative estimate of drug-likeness (QED) is 0.631. The van der Waals surface area contributed by atoms with E-state index in [4.69, 9.17) is 26.9 Å². The molecule has 0 bridgehead atoms. The van der Waals surface area contributed by atoms with Gasteiger partial charge in [0.1, 0.15) is 5.54 Å². The van der Waals surface area contributed by atoms with Crippen LogP contribution in [-0.4, -0.2) is 46.6 Å². The second kappa shape index (κ2) is 6.49. The lowest BCUT2D eigenvalue weighted by Gasteiger charge is -2.28. The van der Waals surface area contributed by atoms with Crippen molar-refractivity contribution in [1.82, 2.24) is 5.32 Å². The number of rotatable bonds is 5. The van der Waals surface area contributed by atoms with Crippen LogP contribution in [0.1, 0.15) is 10.4 Å². The zero-order valence-corrected chi connectivity index (χ0v) is 11.7. The van der Waals surface area contributed by atoms with Gasteiger partial charge in [-0.3, -0.25) is 4.79 Å². The molecular formula is C11H13BrClNO4. The van der Waals surface area contributed by atoms with Gasteiger partial charge in [0, 0.05) is 4.47 Å². The molecule has 1 rings (SSSR count). The molecule has 18 heavy (non-hydrogen) atoms. The number of hydrogen-bond donors (Lipinski definition) is 4. The van der Waals surface area contributed by atoms with E-state index >= 15 is 0 Å². The molecular weight excluding hydrogens is 325 g/mol. The molecule has 1 aromatic rings. The fourth-order valence-corrected chi connectivity index (χ4v) is 2.01. The van der Waals surface area contributed by atoms with Gasteiger partial charge in [-0.05, 0) is 18.2 Å². The monoisotopic (exact) mass is 337 g/mol. The Morgan fingerprint density at radius 1 is 1.28 bits per heavy atom. The number of carbonyl (C=O) groups excluding carboxylic acids is 1. The first kappa shape index (κ1) is 15.4. The largest absolute Gasteiger partial charge is 0.394 e. The summed E-state index contributed by atoms with van der Waals surface area (Å²) in [6.07, 6.45) is 0. The molecule has 0 unspecified atom stereocenters. The van der Waals surface area contributed by atoms with Crippen LogP contribution < -0.4 is 5.32 Å². The smallest absolute Gasteiger partial charge is 0.253 e. The summed E-state index contributed by atoms with van der Waals surface area (Å²) in [4.78, 5) is 11.9. The third-order valence-corrected chi connectivity index (χ3v) is 3.27. The highest BCUT2D eigenvalue weighted by Crippen LogP contribution is 2.21. The number of nitrogens with one attached hydrogen (secondary N) is 1. The first-order valence-electron chi connectivity index (χ1n) is 5.08. The Balaban J connectivity index is 2.94. The average Bonchev–Trinajstić information content (AvgIpc) is 2.36. The zero-order valence-electron chi connectivity index (χ0n) is 9.36. The van der Waals surface area contributed by atoms with E-state index in [1.54, 1.807) is 12.1 Å². The Morgan fingerprint density at radius 2 is 1.83 bits per heavy atom. The van der Waals surface area contributed by atoms with Gasteiger partial charge in [0.15, 0.2) is 0 Å². The molecule has 0 heterocycles. The van der Waals surface area contributed by atoms with E-state index in [-0.39, 0.29) is 10.6 Å². The maximum absolute atomic E-state index is 11.9. The molecule has 1 aromatic carbocycles. The lowest BCUT2D eigenvalue weighted by molar-refractivity contribution is 0.0375. The Labute approximate surface area is 118 Å². The van der Waals surface area contributed by atoms with Crippen LogP contribution in [0.3, 0.4) is 0 Å². The molecule has 0 aliphatic carbocycles. The van der Waals surface area contributed by atoms with Crippen LogP contribution in [0.5, 0.6) is 0 Å². The van der Waals surface area contributed by atoms with E-state index in [0.717, 1.165) is 4.47 Å². The maximum atomic E-state index is 11.9. The highest BCUT2D eigenvalue weighted by molar-refractivity contribution is 9.10. The van der Waals surface area contributed by atoms with Crippen molar-refractivity contribution in [2.75, 3.05) is 19.8 Å². The predicted octanol–water partition coefficient (Wildman–Crippen LogP) is 0.548. The van der Waals surface area contributed by atoms with Crippen molar-refractivity contribution < 1.29 is 20.1 Å². The van der Waals surface area contributed by atoms with E-state index in [1.807, 2.05) is 0 Å². The normalized spacial score (nSPS) is 11.4. The lowest BCUT2D eigenvalue weighted by atomic mass is 10.0. The third-order valence-electron chi connectivity index (χ3n) is 2.46. The minimum atomic E-state index is -1.46. The molecule has 0 aromatic heterocycles. The SMILES string of the molecule is O=C(NC(CO)(CO)CO)c1ccc(Br)cc1Cl. The number of carbonyl (C=O) groups is 1. The Kier molecular flexibility index (Phi) is 5.55. The first-order chi connectivity index (χ1) is 8.48. The Morgan fingerprint density at radius 3 is 2.28 bits per heavy atom. The standard InChI is InChI=1S/C11H13BrClNO4/c12-7-1-2-8(9(13)3-7)10(18)14-11(4-15,5-16)6-17/h1-3,15-17H,4-6H2,(H,14,18). The van der Waals surface area contributed by atoms with Crippen LogP contribution >= 0.6 is 27.5 Å². The molecule has 0 radical (unpaired) electrons. The van der Waals surface area contributed by atoms with Gasteiger partial charge in [0.25, 0.3) is 5.91 Å². The first-order valence-corrected chi connectivity index (χ1v) is 6.25. The Hall–Kier alpha value is -0.660. The van der Waals surface area contributed by atoms with Crippen molar-refractivity contribution in [3.05, 3.63) is 33.3 Å². The average molecular weight is 339 g/mol. The summed E-state index contributed by atoms with van der Waals surface area (Å²) in [7, 11) is 0. The van der Waals surface area contributed by atoms with E-state index in [1.165, 1.54) is 6.07 Å². The minimum Gasteiger partial charge on any atom is -0.394 e. The van der Waals surface area contributed by atoms with Crippen LogP contribution in [0.25, 0.3) is 0 Å². The van der Waals surface area contributed by atoms with Gasteiger partial charge < -0.3 is 20.6 Å². The highest BCUT2D eigenvalue weighted by Gasteiger charge is 2.30. The summed E-state index contributed by atoms with van der Waals surface area (Å²) >= 11 is 9.12. The van der Waals surface area contributed by atoms with Crippen LogP contribution in [0.2, 0.25) is 5.02 Å². The minimum absolute atomic E-state index is 0.194. The van der Waals surface area contributed by atoms with Gasteiger partial charge in [-0.15, -0.1) is 0 Å². The molecule has 0 spiro atoms. The summed E-state index contributed by atoms with van der Waals surface area (Å²) in [6.45, 7) is -1.75. The zero-order chi connectivity index (χ0) is 13.8. The molecule has 0 saturated carbocycles. The van der Waals surface area contributed by atoms with Crippen molar-refractivity contribution in [2.45, 2.75) is 5.54 Å². The second-order valence-electron chi connectivity index (χ2n) is 3.83. The lowest BCUT2D eigenvalue weighted by Crippen LogP contribution is -2.57. The highest BCUT2D eigenvalue weighted by atomic mass is 79.9. The topological polar surface area (TPSA) is 89.8 Å². The van der Waals surface area contributed by atoms with Gasteiger partial charge in [-0.2, -0.15) is 0 Å². The number of halogens is 2. The van der Waals surface area contributed by atoms with Gasteiger partial charge in [0.05, 0.1) is 30.4 Å². The predicted molar refractivity (Wildman–Crippen MR) is 70.6 cm³/mol. The molecule has 100 valence electrons. The molecule has 1 amide bonds. The third kappa shape index (κ3) is 3.43. The van der Waals surface area contributed by atoms with Crippen LogP contribution in [-0.2, 0) is 0 Å². The van der Waals surface area contributed by atoms with Crippen LogP contribution in [0.15, 0.2) is 22.7 Å². The molecule has 0 fully saturated rings. The second-order valence-corrected chi connectivity index (χ2v) is 5.16. The summed E-state index contributed by atoms with van der Waals surface area (Å²) < 4.78 is 0.724. The number of hydrogen-bond acceptors (Lipinski definition) is 4. The summed E-state index contributed by atoms with van der Waals surface area (Å²) in [5, 5.41) is 29.9. The maximum Gasteiger partial charge on any atom is 0.253 e. The van der Waals surface area contributed by atoms with E-state index < -0.39 is 31.3 Å². The van der Waals surface area contributed by atoms with Crippen molar-refractivity contribution in [3.63, 3.8) is 0 Å². The molecule has 0 aliphatic rings. The fraction of sp³-hybridized carbons (Fsp3) is 0.364. The van der Waals surface area contributed by atoms with Crippen molar-refractivity contribution >= 4 is 33.4 Å². The van der Waals surface area contributed by atoms with Crippen molar-refractivity contribution in [1.29, 1.82) is 0 Å². The number of benzene rings is 1. The van der Waals surface area contributed by atoms with E-state index in [9.17, 15) is 4.79 Å².